The molecule has 0 atom stereocenters. The number of pyridine rings is 1. The van der Waals surface area contributed by atoms with Crippen molar-refractivity contribution in [1.29, 1.82) is 0 Å². The van der Waals surface area contributed by atoms with Crippen LogP contribution >= 0.6 is 0 Å². The Morgan fingerprint density at radius 2 is 1.64 bits per heavy atom. The van der Waals surface area contributed by atoms with Gasteiger partial charge in [-0.2, -0.15) is 0 Å². The van der Waals surface area contributed by atoms with Gasteiger partial charge in [-0.3, -0.25) is 0 Å². The predicted molar refractivity (Wildman–Crippen MR) is 115 cm³/mol. The molecule has 146 valence electrons. The van der Waals surface area contributed by atoms with Crippen LogP contribution in [0.5, 0.6) is 11.5 Å². The Kier molecular flexibility index (Phi) is 5.24. The second-order valence-corrected chi connectivity index (χ2v) is 7.03. The zero-order chi connectivity index (χ0) is 19.5. The van der Waals surface area contributed by atoms with Crippen molar-refractivity contribution in [3.05, 3.63) is 54.1 Å². The Balaban J connectivity index is 1.56. The quantitative estimate of drug-likeness (QED) is 0.664. The molecule has 28 heavy (non-hydrogen) atoms. The lowest BCUT2D eigenvalue weighted by Crippen LogP contribution is -2.47. The lowest BCUT2D eigenvalue weighted by molar-refractivity contribution is 0.340. The molecule has 5 heteroatoms. The fraction of sp³-hybridized carbons (Fsp3) is 0.348. The highest BCUT2D eigenvalue weighted by atomic mass is 16.5. The van der Waals surface area contributed by atoms with Gasteiger partial charge >= 0.3 is 0 Å². The Hall–Kier alpha value is -2.95. The maximum Gasteiger partial charge on any atom is 0.145 e. The van der Waals surface area contributed by atoms with E-state index in [9.17, 15) is 0 Å². The van der Waals surface area contributed by atoms with E-state index < -0.39 is 0 Å². The van der Waals surface area contributed by atoms with Gasteiger partial charge in [0, 0.05) is 31.6 Å². The first-order chi connectivity index (χ1) is 13.7. The predicted octanol–water partition coefficient (Wildman–Crippen LogP) is 4.28. The SMILES string of the molecule is CCOc1ccccc1N1CCN(c2cc(C)c3cccc(OC)c3n2)CC1. The van der Waals surface area contributed by atoms with Crippen LogP contribution in [0.15, 0.2) is 48.5 Å². The standard InChI is InChI=1S/C23H27N3O2/c1-4-28-20-10-6-5-9-19(20)25-12-14-26(15-13-25)22-16-17(2)18-8-7-11-21(27-3)23(18)24-22/h5-11,16H,4,12-15H2,1-3H3. The molecule has 0 spiro atoms. The maximum atomic E-state index is 5.81. The van der Waals surface area contributed by atoms with Gasteiger partial charge in [-0.05, 0) is 43.7 Å². The second kappa shape index (κ2) is 7.97. The molecule has 0 radical (unpaired) electrons. The molecule has 2 aromatic carbocycles. The van der Waals surface area contributed by atoms with Crippen molar-refractivity contribution in [2.75, 3.05) is 49.7 Å². The summed E-state index contributed by atoms with van der Waals surface area (Å²) >= 11 is 0. The van der Waals surface area contributed by atoms with Gasteiger partial charge < -0.3 is 19.3 Å². The molecule has 0 bridgehead atoms. The molecule has 1 aromatic heterocycles. The lowest BCUT2D eigenvalue weighted by atomic mass is 10.1. The maximum absolute atomic E-state index is 5.81. The van der Waals surface area contributed by atoms with E-state index in [1.165, 1.54) is 11.3 Å². The molecule has 0 amide bonds. The van der Waals surface area contributed by atoms with Crippen molar-refractivity contribution in [2.24, 2.45) is 0 Å². The summed E-state index contributed by atoms with van der Waals surface area (Å²) in [5.41, 5.74) is 3.33. The van der Waals surface area contributed by atoms with E-state index >= 15 is 0 Å². The van der Waals surface area contributed by atoms with Crippen LogP contribution < -0.4 is 19.3 Å². The molecule has 1 fully saturated rings. The third-order valence-corrected chi connectivity index (χ3v) is 5.33. The molecule has 0 aliphatic carbocycles. The number of rotatable bonds is 5. The van der Waals surface area contributed by atoms with Crippen molar-refractivity contribution in [3.63, 3.8) is 0 Å². The molecule has 5 nitrogen and oxygen atoms in total. The van der Waals surface area contributed by atoms with Gasteiger partial charge in [-0.25, -0.2) is 4.98 Å². The molecule has 1 aliphatic heterocycles. The zero-order valence-corrected chi connectivity index (χ0v) is 16.8. The van der Waals surface area contributed by atoms with Gasteiger partial charge in [0.25, 0.3) is 0 Å². The normalized spacial score (nSPS) is 14.4. The number of hydrogen-bond acceptors (Lipinski definition) is 5. The van der Waals surface area contributed by atoms with Crippen molar-refractivity contribution >= 4 is 22.4 Å². The summed E-state index contributed by atoms with van der Waals surface area (Å²) in [6.45, 7) is 8.57. The molecular weight excluding hydrogens is 350 g/mol. The molecule has 3 aromatic rings. The van der Waals surface area contributed by atoms with Crippen LogP contribution in [0.2, 0.25) is 0 Å². The van der Waals surface area contributed by atoms with Crippen LogP contribution in [0.25, 0.3) is 10.9 Å². The number of nitrogens with zero attached hydrogens (tertiary/aromatic N) is 3. The summed E-state index contributed by atoms with van der Waals surface area (Å²) in [4.78, 5) is 9.69. The van der Waals surface area contributed by atoms with Crippen molar-refractivity contribution in [1.82, 2.24) is 4.98 Å². The van der Waals surface area contributed by atoms with Crippen LogP contribution in [0.4, 0.5) is 11.5 Å². The van der Waals surface area contributed by atoms with Crippen LogP contribution in [-0.2, 0) is 0 Å². The molecule has 1 saturated heterocycles. The van der Waals surface area contributed by atoms with Gasteiger partial charge in [0.2, 0.25) is 0 Å². The summed E-state index contributed by atoms with van der Waals surface area (Å²) in [6, 6.07) is 16.6. The number of anilines is 2. The van der Waals surface area contributed by atoms with Gasteiger partial charge in [-0.1, -0.05) is 24.3 Å². The number of aryl methyl sites for hydroxylation is 1. The van der Waals surface area contributed by atoms with Crippen LogP contribution in [-0.4, -0.2) is 44.9 Å². The summed E-state index contributed by atoms with van der Waals surface area (Å²) in [6.07, 6.45) is 0. The van der Waals surface area contributed by atoms with E-state index in [4.69, 9.17) is 14.5 Å². The van der Waals surface area contributed by atoms with E-state index in [1.54, 1.807) is 7.11 Å². The summed E-state index contributed by atoms with van der Waals surface area (Å²) < 4.78 is 11.3. The van der Waals surface area contributed by atoms with Crippen molar-refractivity contribution in [2.45, 2.75) is 13.8 Å². The summed E-state index contributed by atoms with van der Waals surface area (Å²) in [5, 5.41) is 1.15. The average molecular weight is 377 g/mol. The Bertz CT molecular complexity index is 965. The molecule has 0 unspecified atom stereocenters. The van der Waals surface area contributed by atoms with Crippen LogP contribution in [0, 0.1) is 6.92 Å². The minimum absolute atomic E-state index is 0.680. The van der Waals surface area contributed by atoms with E-state index in [0.717, 1.165) is 54.4 Å². The largest absolute Gasteiger partial charge is 0.494 e. The first kappa shape index (κ1) is 18.4. The highest BCUT2D eigenvalue weighted by molar-refractivity contribution is 5.89. The number of aromatic nitrogens is 1. The average Bonchev–Trinajstić information content (AvgIpc) is 2.74. The molecule has 4 rings (SSSR count). The summed E-state index contributed by atoms with van der Waals surface area (Å²) in [7, 11) is 1.70. The molecular formula is C23H27N3O2. The number of para-hydroxylation sites is 3. The van der Waals surface area contributed by atoms with Gasteiger partial charge in [0.15, 0.2) is 0 Å². The van der Waals surface area contributed by atoms with E-state index in [0.29, 0.717) is 6.61 Å². The van der Waals surface area contributed by atoms with Crippen molar-refractivity contribution in [3.8, 4) is 11.5 Å². The summed E-state index contributed by atoms with van der Waals surface area (Å²) in [5.74, 6) is 2.81. The van der Waals surface area contributed by atoms with E-state index in [1.807, 2.05) is 31.2 Å². The zero-order valence-electron chi connectivity index (χ0n) is 16.8. The van der Waals surface area contributed by atoms with Crippen LogP contribution in [0.1, 0.15) is 12.5 Å². The number of ether oxygens (including phenoxy) is 2. The first-order valence-corrected chi connectivity index (χ1v) is 9.87. The van der Waals surface area contributed by atoms with E-state index in [2.05, 4.69) is 41.0 Å². The Morgan fingerprint density at radius 1 is 0.929 bits per heavy atom. The Morgan fingerprint density at radius 3 is 2.39 bits per heavy atom. The first-order valence-electron chi connectivity index (χ1n) is 9.87. The smallest absolute Gasteiger partial charge is 0.145 e. The molecule has 0 saturated carbocycles. The number of benzene rings is 2. The highest BCUT2D eigenvalue weighted by Gasteiger charge is 2.21. The third kappa shape index (κ3) is 3.44. The number of methoxy groups -OCH3 is 1. The third-order valence-electron chi connectivity index (χ3n) is 5.33. The molecule has 1 aliphatic rings. The number of fused-ring (bicyclic) bond motifs is 1. The Labute approximate surface area is 166 Å². The fourth-order valence-electron chi connectivity index (χ4n) is 3.87. The minimum atomic E-state index is 0.680. The number of hydrogen-bond donors (Lipinski definition) is 0. The van der Waals surface area contributed by atoms with Crippen molar-refractivity contribution < 1.29 is 9.47 Å². The molecule has 0 N–H and O–H groups in total. The monoisotopic (exact) mass is 377 g/mol. The van der Waals surface area contributed by atoms with Gasteiger partial charge in [0.1, 0.15) is 22.8 Å². The number of piperazine rings is 1. The van der Waals surface area contributed by atoms with Gasteiger partial charge in [-0.15, -0.1) is 0 Å². The lowest BCUT2D eigenvalue weighted by Gasteiger charge is -2.37. The van der Waals surface area contributed by atoms with Gasteiger partial charge in [0.05, 0.1) is 19.4 Å². The topological polar surface area (TPSA) is 37.8 Å². The minimum Gasteiger partial charge on any atom is -0.494 e. The molecule has 2 heterocycles. The fourth-order valence-corrected chi connectivity index (χ4v) is 3.87. The highest BCUT2D eigenvalue weighted by Crippen LogP contribution is 2.32. The second-order valence-electron chi connectivity index (χ2n) is 7.03. The van der Waals surface area contributed by atoms with E-state index in [-0.39, 0.29) is 0 Å². The van der Waals surface area contributed by atoms with Crippen LogP contribution in [0.3, 0.4) is 0 Å².